The summed E-state index contributed by atoms with van der Waals surface area (Å²) in [5, 5.41) is 3.04. The number of nitrogens with zero attached hydrogens (tertiary/aromatic N) is 1. The second-order valence-corrected chi connectivity index (χ2v) is 6.18. The number of rotatable bonds is 6. The van der Waals surface area contributed by atoms with Crippen molar-refractivity contribution in [3.63, 3.8) is 0 Å². The summed E-state index contributed by atoms with van der Waals surface area (Å²) in [6.07, 6.45) is 3.97. The molecule has 2 rings (SSSR count). The molecule has 1 atom stereocenters. The minimum Gasteiger partial charge on any atom is -0.356 e. The fraction of sp³-hybridized carbons (Fsp3) is 0.611. The summed E-state index contributed by atoms with van der Waals surface area (Å²) in [7, 11) is 0. The molecular formula is C18H27FN2O. The highest BCUT2D eigenvalue weighted by Crippen LogP contribution is 2.26. The summed E-state index contributed by atoms with van der Waals surface area (Å²) in [4.78, 5) is 14.5. The zero-order valence-corrected chi connectivity index (χ0v) is 13.6. The molecule has 1 aliphatic heterocycles. The number of carbonyl (C=O) groups excluding carboxylic acids is 1. The Kier molecular flexibility index (Phi) is 6.37. The molecule has 0 aliphatic carbocycles. The molecule has 1 N–H and O–H groups in total. The molecule has 1 fully saturated rings. The van der Waals surface area contributed by atoms with E-state index in [0.29, 0.717) is 0 Å². The lowest BCUT2D eigenvalue weighted by atomic mass is 9.94. The quantitative estimate of drug-likeness (QED) is 0.816. The van der Waals surface area contributed by atoms with Crippen molar-refractivity contribution in [3.8, 4) is 0 Å². The molecule has 22 heavy (non-hydrogen) atoms. The van der Waals surface area contributed by atoms with Gasteiger partial charge in [-0.2, -0.15) is 0 Å². The molecule has 3 nitrogen and oxygen atoms in total. The number of hydrogen-bond donors (Lipinski definition) is 1. The van der Waals surface area contributed by atoms with Crippen molar-refractivity contribution >= 4 is 5.91 Å². The summed E-state index contributed by atoms with van der Waals surface area (Å²) >= 11 is 0. The van der Waals surface area contributed by atoms with Crippen molar-refractivity contribution in [1.29, 1.82) is 0 Å². The third-order valence-electron chi connectivity index (χ3n) is 4.63. The molecule has 0 radical (unpaired) electrons. The third kappa shape index (κ3) is 4.54. The molecule has 1 aliphatic rings. The Labute approximate surface area is 132 Å². The number of hydrogen-bond acceptors (Lipinski definition) is 2. The predicted octanol–water partition coefficient (Wildman–Crippen LogP) is 3.52. The van der Waals surface area contributed by atoms with Crippen molar-refractivity contribution in [2.45, 2.75) is 45.6 Å². The summed E-state index contributed by atoms with van der Waals surface area (Å²) in [6, 6.07) is 7.00. The van der Waals surface area contributed by atoms with Crippen LogP contribution in [0.15, 0.2) is 24.3 Å². The second-order valence-electron chi connectivity index (χ2n) is 6.18. The highest BCUT2D eigenvalue weighted by Gasteiger charge is 2.27. The van der Waals surface area contributed by atoms with Gasteiger partial charge in [0.05, 0.1) is 0 Å². The number of halogens is 1. The lowest BCUT2D eigenvalue weighted by molar-refractivity contribution is -0.126. The molecule has 122 valence electrons. The predicted molar refractivity (Wildman–Crippen MR) is 87.0 cm³/mol. The minimum atomic E-state index is -0.196. The largest absolute Gasteiger partial charge is 0.356 e. The number of likely N-dealkylation sites (tertiary alicyclic amines) is 1. The molecule has 0 spiro atoms. The monoisotopic (exact) mass is 306 g/mol. The Hall–Kier alpha value is -1.42. The van der Waals surface area contributed by atoms with Crippen LogP contribution in [-0.4, -0.2) is 30.4 Å². The molecule has 0 saturated carbocycles. The maximum absolute atomic E-state index is 13.0. The molecule has 1 aromatic rings. The number of carbonyl (C=O) groups is 1. The summed E-state index contributed by atoms with van der Waals surface area (Å²) < 4.78 is 13.0. The van der Waals surface area contributed by atoms with Gasteiger partial charge in [-0.05, 0) is 57.0 Å². The molecule has 0 unspecified atom stereocenters. The van der Waals surface area contributed by atoms with Gasteiger partial charge in [-0.1, -0.05) is 25.5 Å². The summed E-state index contributed by atoms with van der Waals surface area (Å²) in [6.45, 7) is 6.91. The summed E-state index contributed by atoms with van der Waals surface area (Å²) in [5.41, 5.74) is 1.13. The first-order chi connectivity index (χ1) is 10.6. The van der Waals surface area contributed by atoms with Gasteiger partial charge >= 0.3 is 0 Å². The van der Waals surface area contributed by atoms with Gasteiger partial charge in [-0.3, -0.25) is 9.69 Å². The zero-order chi connectivity index (χ0) is 15.9. The van der Waals surface area contributed by atoms with Gasteiger partial charge < -0.3 is 5.32 Å². The van der Waals surface area contributed by atoms with Gasteiger partial charge in [0.2, 0.25) is 5.91 Å². The van der Waals surface area contributed by atoms with Crippen LogP contribution in [0.4, 0.5) is 4.39 Å². The fourth-order valence-corrected chi connectivity index (χ4v) is 3.03. The SMILES string of the molecule is CCCCNC(=O)C1CCN([C@H](C)c2ccc(F)cc2)CC1. The molecule has 1 saturated heterocycles. The van der Waals surface area contributed by atoms with Crippen LogP contribution >= 0.6 is 0 Å². The van der Waals surface area contributed by atoms with E-state index in [-0.39, 0.29) is 23.7 Å². The highest BCUT2D eigenvalue weighted by atomic mass is 19.1. The number of nitrogens with one attached hydrogen (secondary N) is 1. The molecular weight excluding hydrogens is 279 g/mol. The van der Waals surface area contributed by atoms with Crippen molar-refractivity contribution < 1.29 is 9.18 Å². The van der Waals surface area contributed by atoms with Crippen LogP contribution < -0.4 is 5.32 Å². The van der Waals surface area contributed by atoms with Crippen molar-refractivity contribution in [2.75, 3.05) is 19.6 Å². The zero-order valence-electron chi connectivity index (χ0n) is 13.6. The first kappa shape index (κ1) is 16.9. The average molecular weight is 306 g/mol. The standard InChI is InChI=1S/C18H27FN2O/c1-3-4-11-20-18(22)16-9-12-21(13-10-16)14(2)15-5-7-17(19)8-6-15/h5-8,14,16H,3-4,9-13H2,1-2H3,(H,20,22)/t14-/m1/s1. The Balaban J connectivity index is 1.81. The van der Waals surface area contributed by atoms with Gasteiger partial charge in [0.15, 0.2) is 0 Å². The molecule has 4 heteroatoms. The van der Waals surface area contributed by atoms with Crippen molar-refractivity contribution in [3.05, 3.63) is 35.6 Å². The Morgan fingerprint density at radius 3 is 2.55 bits per heavy atom. The number of benzene rings is 1. The first-order valence-electron chi connectivity index (χ1n) is 8.39. The molecule has 1 amide bonds. The van der Waals surface area contributed by atoms with Gasteiger partial charge in [-0.25, -0.2) is 4.39 Å². The van der Waals surface area contributed by atoms with Crippen molar-refractivity contribution in [2.24, 2.45) is 5.92 Å². The normalized spacial score (nSPS) is 18.1. The Morgan fingerprint density at radius 2 is 1.95 bits per heavy atom. The lowest BCUT2D eigenvalue weighted by Gasteiger charge is -2.35. The van der Waals surface area contributed by atoms with E-state index >= 15 is 0 Å². The second kappa shape index (κ2) is 8.28. The maximum atomic E-state index is 13.0. The minimum absolute atomic E-state index is 0.147. The van der Waals surface area contributed by atoms with E-state index in [2.05, 4.69) is 24.1 Å². The number of amides is 1. The van der Waals surface area contributed by atoms with Gasteiger partial charge in [0.1, 0.15) is 5.82 Å². The van der Waals surface area contributed by atoms with Gasteiger partial charge in [0, 0.05) is 18.5 Å². The van der Waals surface area contributed by atoms with Crippen LogP contribution in [0.5, 0.6) is 0 Å². The highest BCUT2D eigenvalue weighted by molar-refractivity contribution is 5.78. The van der Waals surface area contributed by atoms with E-state index in [1.54, 1.807) is 0 Å². The molecule has 0 bridgehead atoms. The van der Waals surface area contributed by atoms with Crippen LogP contribution in [0, 0.1) is 11.7 Å². The Bertz CT molecular complexity index is 466. The maximum Gasteiger partial charge on any atom is 0.223 e. The smallest absolute Gasteiger partial charge is 0.223 e. The molecule has 1 aromatic carbocycles. The van der Waals surface area contributed by atoms with Crippen LogP contribution in [0.2, 0.25) is 0 Å². The first-order valence-corrected chi connectivity index (χ1v) is 8.39. The van der Waals surface area contributed by atoms with E-state index in [1.807, 2.05) is 12.1 Å². The lowest BCUT2D eigenvalue weighted by Crippen LogP contribution is -2.41. The van der Waals surface area contributed by atoms with E-state index in [4.69, 9.17) is 0 Å². The van der Waals surface area contributed by atoms with E-state index in [9.17, 15) is 9.18 Å². The van der Waals surface area contributed by atoms with Crippen LogP contribution in [0.1, 0.15) is 51.1 Å². The van der Waals surface area contributed by atoms with Gasteiger partial charge in [0.25, 0.3) is 0 Å². The number of piperidine rings is 1. The van der Waals surface area contributed by atoms with Crippen LogP contribution in [0.25, 0.3) is 0 Å². The fourth-order valence-electron chi connectivity index (χ4n) is 3.03. The van der Waals surface area contributed by atoms with E-state index < -0.39 is 0 Å². The average Bonchev–Trinajstić information content (AvgIpc) is 2.55. The van der Waals surface area contributed by atoms with Crippen molar-refractivity contribution in [1.82, 2.24) is 10.2 Å². The molecule has 1 heterocycles. The number of unbranched alkanes of at least 4 members (excludes halogenated alkanes) is 1. The van der Waals surface area contributed by atoms with Gasteiger partial charge in [-0.15, -0.1) is 0 Å². The van der Waals surface area contributed by atoms with E-state index in [1.165, 1.54) is 12.1 Å². The van der Waals surface area contributed by atoms with Crippen LogP contribution in [-0.2, 0) is 4.79 Å². The topological polar surface area (TPSA) is 32.3 Å². The van der Waals surface area contributed by atoms with Crippen LogP contribution in [0.3, 0.4) is 0 Å². The summed E-state index contributed by atoms with van der Waals surface area (Å²) in [5.74, 6) is 0.162. The molecule has 0 aromatic heterocycles. The third-order valence-corrected chi connectivity index (χ3v) is 4.63. The Morgan fingerprint density at radius 1 is 1.32 bits per heavy atom. The van der Waals surface area contributed by atoms with E-state index in [0.717, 1.165) is 50.9 Å².